The SMILES string of the molecule is C[C@@H](OC(=O)c1cccnc1)C(=O)Nc1ccc(Cl)cc1. The van der Waals surface area contributed by atoms with Gasteiger partial charge in [0.15, 0.2) is 6.10 Å². The highest BCUT2D eigenvalue weighted by atomic mass is 35.5. The molecule has 0 fully saturated rings. The Morgan fingerprint density at radius 3 is 2.57 bits per heavy atom. The molecule has 0 spiro atoms. The first-order valence-electron chi connectivity index (χ1n) is 6.23. The molecule has 1 amide bonds. The van der Waals surface area contributed by atoms with Gasteiger partial charge in [-0.1, -0.05) is 11.6 Å². The molecule has 1 N–H and O–H groups in total. The van der Waals surface area contributed by atoms with Crippen LogP contribution in [0.5, 0.6) is 0 Å². The number of nitrogens with zero attached hydrogens (tertiary/aromatic N) is 1. The smallest absolute Gasteiger partial charge is 0.340 e. The van der Waals surface area contributed by atoms with Crippen LogP contribution < -0.4 is 5.32 Å². The van der Waals surface area contributed by atoms with Crippen LogP contribution in [0.1, 0.15) is 17.3 Å². The Kier molecular flexibility index (Phi) is 4.90. The Morgan fingerprint density at radius 2 is 1.95 bits per heavy atom. The highest BCUT2D eigenvalue weighted by Crippen LogP contribution is 2.14. The van der Waals surface area contributed by atoms with Crippen molar-refractivity contribution in [2.75, 3.05) is 5.32 Å². The lowest BCUT2D eigenvalue weighted by atomic mass is 10.2. The first-order chi connectivity index (χ1) is 10.1. The molecule has 1 atom stereocenters. The van der Waals surface area contributed by atoms with Crippen molar-refractivity contribution in [3.8, 4) is 0 Å². The van der Waals surface area contributed by atoms with Crippen molar-refractivity contribution in [3.63, 3.8) is 0 Å². The van der Waals surface area contributed by atoms with Gasteiger partial charge in [-0.2, -0.15) is 0 Å². The van der Waals surface area contributed by atoms with Crippen LogP contribution in [0.25, 0.3) is 0 Å². The molecule has 6 heteroatoms. The summed E-state index contributed by atoms with van der Waals surface area (Å²) in [4.78, 5) is 27.5. The number of anilines is 1. The Hall–Kier alpha value is -2.40. The Balaban J connectivity index is 1.93. The van der Waals surface area contributed by atoms with Crippen LogP contribution in [-0.4, -0.2) is 23.0 Å². The van der Waals surface area contributed by atoms with Crippen molar-refractivity contribution in [1.29, 1.82) is 0 Å². The van der Waals surface area contributed by atoms with Crippen molar-refractivity contribution < 1.29 is 14.3 Å². The summed E-state index contributed by atoms with van der Waals surface area (Å²) >= 11 is 5.76. The minimum atomic E-state index is -0.923. The molecule has 1 aromatic carbocycles. The topological polar surface area (TPSA) is 68.3 Å². The molecule has 2 rings (SSSR count). The number of nitrogens with one attached hydrogen (secondary N) is 1. The van der Waals surface area contributed by atoms with E-state index in [-0.39, 0.29) is 0 Å². The van der Waals surface area contributed by atoms with Gasteiger partial charge in [-0.15, -0.1) is 0 Å². The second-order valence-electron chi connectivity index (χ2n) is 4.29. The number of pyridine rings is 1. The Labute approximate surface area is 126 Å². The van der Waals surface area contributed by atoms with Crippen molar-refractivity contribution in [1.82, 2.24) is 4.98 Å². The number of esters is 1. The van der Waals surface area contributed by atoms with E-state index in [1.54, 1.807) is 42.6 Å². The summed E-state index contributed by atoms with van der Waals surface area (Å²) in [7, 11) is 0. The molecular formula is C15H13ClN2O3. The van der Waals surface area contributed by atoms with Gasteiger partial charge in [-0.25, -0.2) is 4.79 Å². The highest BCUT2D eigenvalue weighted by Gasteiger charge is 2.19. The third-order valence-corrected chi connectivity index (χ3v) is 2.91. The summed E-state index contributed by atoms with van der Waals surface area (Å²) in [5.41, 5.74) is 0.873. The third-order valence-electron chi connectivity index (χ3n) is 2.66. The molecule has 0 saturated carbocycles. The molecule has 0 aliphatic rings. The Morgan fingerprint density at radius 1 is 1.24 bits per heavy atom. The van der Waals surface area contributed by atoms with Crippen molar-refractivity contribution in [2.45, 2.75) is 13.0 Å². The molecule has 0 aliphatic heterocycles. The molecule has 108 valence electrons. The molecule has 1 heterocycles. The average molecular weight is 305 g/mol. The van der Waals surface area contributed by atoms with Crippen molar-refractivity contribution >= 4 is 29.2 Å². The molecule has 1 aromatic heterocycles. The van der Waals surface area contributed by atoms with Crippen LogP contribution in [0.2, 0.25) is 5.02 Å². The lowest BCUT2D eigenvalue weighted by Gasteiger charge is -2.13. The summed E-state index contributed by atoms with van der Waals surface area (Å²) in [6, 6.07) is 9.83. The van der Waals surface area contributed by atoms with E-state index in [0.717, 1.165) is 0 Å². The molecule has 0 aliphatic carbocycles. The number of rotatable bonds is 4. The van der Waals surface area contributed by atoms with Gasteiger partial charge in [0.25, 0.3) is 5.91 Å². The fourth-order valence-electron chi connectivity index (χ4n) is 1.54. The lowest BCUT2D eigenvalue weighted by Crippen LogP contribution is -2.30. The van der Waals surface area contributed by atoms with E-state index in [4.69, 9.17) is 16.3 Å². The van der Waals surface area contributed by atoms with Crippen LogP contribution in [0.4, 0.5) is 5.69 Å². The number of halogens is 1. The van der Waals surface area contributed by atoms with Crippen LogP contribution in [-0.2, 0) is 9.53 Å². The van der Waals surface area contributed by atoms with E-state index >= 15 is 0 Å². The number of aromatic nitrogens is 1. The maximum absolute atomic E-state index is 11.9. The fraction of sp³-hybridized carbons (Fsp3) is 0.133. The number of hydrogen-bond acceptors (Lipinski definition) is 4. The molecule has 21 heavy (non-hydrogen) atoms. The molecule has 0 radical (unpaired) electrons. The molecule has 0 bridgehead atoms. The van der Waals surface area contributed by atoms with E-state index in [9.17, 15) is 9.59 Å². The number of hydrogen-bond donors (Lipinski definition) is 1. The summed E-state index contributed by atoms with van der Waals surface area (Å²) in [5, 5.41) is 3.21. The second-order valence-corrected chi connectivity index (χ2v) is 4.72. The predicted octanol–water partition coefficient (Wildman–Crippen LogP) is 2.92. The maximum Gasteiger partial charge on any atom is 0.340 e. The molecule has 0 saturated heterocycles. The lowest BCUT2D eigenvalue weighted by molar-refractivity contribution is -0.123. The van der Waals surface area contributed by atoms with Gasteiger partial charge < -0.3 is 10.1 Å². The van der Waals surface area contributed by atoms with Gasteiger partial charge in [-0.3, -0.25) is 9.78 Å². The van der Waals surface area contributed by atoms with Gasteiger partial charge in [0.05, 0.1) is 5.56 Å². The van der Waals surface area contributed by atoms with Crippen molar-refractivity contribution in [3.05, 3.63) is 59.4 Å². The van der Waals surface area contributed by atoms with E-state index < -0.39 is 18.0 Å². The number of benzene rings is 1. The minimum absolute atomic E-state index is 0.295. The van der Waals surface area contributed by atoms with E-state index in [1.165, 1.54) is 13.1 Å². The first-order valence-corrected chi connectivity index (χ1v) is 6.61. The van der Waals surface area contributed by atoms with Crippen LogP contribution >= 0.6 is 11.6 Å². The summed E-state index contributed by atoms with van der Waals surface area (Å²) in [6.07, 6.45) is 2.01. The molecule has 0 unspecified atom stereocenters. The maximum atomic E-state index is 11.9. The van der Waals surface area contributed by atoms with Gasteiger partial charge in [0.2, 0.25) is 0 Å². The normalized spacial score (nSPS) is 11.5. The minimum Gasteiger partial charge on any atom is -0.449 e. The number of carbonyl (C=O) groups is 2. The van der Waals surface area contributed by atoms with Gasteiger partial charge in [0.1, 0.15) is 0 Å². The molecule has 5 nitrogen and oxygen atoms in total. The fourth-order valence-corrected chi connectivity index (χ4v) is 1.67. The monoisotopic (exact) mass is 304 g/mol. The molecular weight excluding hydrogens is 292 g/mol. The first kappa shape index (κ1) is 15.0. The van der Waals surface area contributed by atoms with Gasteiger partial charge in [0, 0.05) is 23.1 Å². The van der Waals surface area contributed by atoms with E-state index in [2.05, 4.69) is 10.3 Å². The highest BCUT2D eigenvalue weighted by molar-refractivity contribution is 6.30. The summed E-state index contributed by atoms with van der Waals surface area (Å²) < 4.78 is 5.08. The van der Waals surface area contributed by atoms with Gasteiger partial charge >= 0.3 is 5.97 Å². The summed E-state index contributed by atoms with van der Waals surface area (Å²) in [6.45, 7) is 1.50. The average Bonchev–Trinajstić information content (AvgIpc) is 2.50. The van der Waals surface area contributed by atoms with Crippen LogP contribution in [0.15, 0.2) is 48.8 Å². The Bertz CT molecular complexity index is 629. The molecule has 2 aromatic rings. The zero-order chi connectivity index (χ0) is 15.2. The standard InChI is InChI=1S/C15H13ClN2O3/c1-10(21-15(20)11-3-2-8-17-9-11)14(19)18-13-6-4-12(16)5-7-13/h2-10H,1H3,(H,18,19)/t10-/m1/s1. The number of ether oxygens (including phenoxy) is 1. The summed E-state index contributed by atoms with van der Waals surface area (Å²) in [5.74, 6) is -1.02. The quantitative estimate of drug-likeness (QED) is 0.882. The van der Waals surface area contributed by atoms with E-state index in [0.29, 0.717) is 16.3 Å². The zero-order valence-corrected chi connectivity index (χ0v) is 12.0. The predicted molar refractivity (Wildman–Crippen MR) is 79.2 cm³/mol. The van der Waals surface area contributed by atoms with E-state index in [1.807, 2.05) is 0 Å². The third kappa shape index (κ3) is 4.29. The van der Waals surface area contributed by atoms with Crippen LogP contribution in [0.3, 0.4) is 0 Å². The number of amides is 1. The van der Waals surface area contributed by atoms with Gasteiger partial charge in [-0.05, 0) is 43.3 Å². The van der Waals surface area contributed by atoms with Crippen molar-refractivity contribution in [2.24, 2.45) is 0 Å². The largest absolute Gasteiger partial charge is 0.449 e. The van der Waals surface area contributed by atoms with Crippen LogP contribution in [0, 0.1) is 0 Å². The second kappa shape index (κ2) is 6.85. The number of carbonyl (C=O) groups excluding carboxylic acids is 2. The zero-order valence-electron chi connectivity index (χ0n) is 11.2.